The molecule has 1 heterocycles. The third-order valence-corrected chi connectivity index (χ3v) is 4.71. The second kappa shape index (κ2) is 9.11. The van der Waals surface area contributed by atoms with Crippen molar-refractivity contribution in [2.45, 2.75) is 59.5 Å². The lowest BCUT2D eigenvalue weighted by Crippen LogP contribution is -2.35. The molecule has 0 saturated carbocycles. The average Bonchev–Trinajstić information content (AvgIpc) is 3.08. The second-order valence-electron chi connectivity index (χ2n) is 8.09. The molecule has 0 aliphatic carbocycles. The van der Waals surface area contributed by atoms with Gasteiger partial charge in [0.05, 0.1) is 0 Å². The zero-order valence-electron chi connectivity index (χ0n) is 17.3. The number of nitrogens with one attached hydrogen (secondary N) is 1. The van der Waals surface area contributed by atoms with Gasteiger partial charge in [0.2, 0.25) is 0 Å². The molecular weight excluding hydrogens is 340 g/mol. The number of likely N-dealkylation sites (tertiary alicyclic amines) is 1. The first-order valence-corrected chi connectivity index (χ1v) is 9.89. The SMILES string of the molecule is CCc1cccc(CC)c1NC(N)=NCC1CCN(C(=O)OC(C)(C)C)C1. The summed E-state index contributed by atoms with van der Waals surface area (Å²) in [7, 11) is 0. The number of carbonyl (C=O) groups is 1. The van der Waals surface area contributed by atoms with Gasteiger partial charge in [0.25, 0.3) is 0 Å². The van der Waals surface area contributed by atoms with Gasteiger partial charge in [-0.05, 0) is 57.1 Å². The Balaban J connectivity index is 1.93. The number of hydrogen-bond acceptors (Lipinski definition) is 3. The zero-order valence-corrected chi connectivity index (χ0v) is 17.3. The number of benzene rings is 1. The first-order chi connectivity index (χ1) is 12.7. The monoisotopic (exact) mass is 374 g/mol. The number of ether oxygens (including phenoxy) is 1. The maximum Gasteiger partial charge on any atom is 0.410 e. The molecule has 0 spiro atoms. The van der Waals surface area contributed by atoms with Crippen LogP contribution in [0.2, 0.25) is 0 Å². The normalized spacial score (nSPS) is 17.9. The van der Waals surface area contributed by atoms with Crippen molar-refractivity contribution < 1.29 is 9.53 Å². The fourth-order valence-electron chi connectivity index (χ4n) is 3.27. The third kappa shape index (κ3) is 6.15. The van der Waals surface area contributed by atoms with Crippen molar-refractivity contribution in [1.82, 2.24) is 4.90 Å². The number of guanidine groups is 1. The van der Waals surface area contributed by atoms with Crippen molar-refractivity contribution in [2.24, 2.45) is 16.6 Å². The first kappa shape index (κ1) is 21.1. The second-order valence-corrected chi connectivity index (χ2v) is 8.09. The van der Waals surface area contributed by atoms with Crippen molar-refractivity contribution in [1.29, 1.82) is 0 Å². The van der Waals surface area contributed by atoms with E-state index in [2.05, 4.69) is 42.4 Å². The van der Waals surface area contributed by atoms with E-state index in [4.69, 9.17) is 10.5 Å². The summed E-state index contributed by atoms with van der Waals surface area (Å²) >= 11 is 0. The Labute approximate surface area is 163 Å². The molecule has 1 saturated heterocycles. The van der Waals surface area contributed by atoms with Crippen LogP contribution in [0.25, 0.3) is 0 Å². The van der Waals surface area contributed by atoms with Crippen LogP contribution in [0.3, 0.4) is 0 Å². The van der Waals surface area contributed by atoms with Crippen molar-refractivity contribution in [3.63, 3.8) is 0 Å². The molecule has 6 heteroatoms. The van der Waals surface area contributed by atoms with Crippen molar-refractivity contribution in [3.05, 3.63) is 29.3 Å². The molecule has 0 aromatic heterocycles. The van der Waals surface area contributed by atoms with Gasteiger partial charge >= 0.3 is 6.09 Å². The molecule has 1 aromatic rings. The fraction of sp³-hybridized carbons (Fsp3) is 0.619. The molecule has 1 aliphatic rings. The Morgan fingerprint density at radius 1 is 1.30 bits per heavy atom. The number of rotatable bonds is 5. The predicted molar refractivity (Wildman–Crippen MR) is 111 cm³/mol. The summed E-state index contributed by atoms with van der Waals surface area (Å²) in [5, 5.41) is 3.29. The van der Waals surface area contributed by atoms with E-state index in [1.807, 2.05) is 20.8 Å². The van der Waals surface area contributed by atoms with E-state index < -0.39 is 5.60 Å². The maximum absolute atomic E-state index is 12.2. The highest BCUT2D eigenvalue weighted by Gasteiger charge is 2.29. The van der Waals surface area contributed by atoms with E-state index >= 15 is 0 Å². The van der Waals surface area contributed by atoms with Crippen molar-refractivity contribution >= 4 is 17.7 Å². The number of amides is 1. The van der Waals surface area contributed by atoms with Gasteiger partial charge in [-0.3, -0.25) is 4.99 Å². The lowest BCUT2D eigenvalue weighted by molar-refractivity contribution is 0.0289. The highest BCUT2D eigenvalue weighted by molar-refractivity contribution is 5.93. The number of nitrogens with two attached hydrogens (primary N) is 1. The van der Waals surface area contributed by atoms with E-state index in [1.165, 1.54) is 11.1 Å². The van der Waals surface area contributed by atoms with Gasteiger partial charge in [-0.1, -0.05) is 32.0 Å². The number of anilines is 1. The number of nitrogens with zero attached hydrogens (tertiary/aromatic N) is 2. The summed E-state index contributed by atoms with van der Waals surface area (Å²) < 4.78 is 5.44. The molecule has 3 N–H and O–H groups in total. The third-order valence-electron chi connectivity index (χ3n) is 4.71. The van der Waals surface area contributed by atoms with E-state index in [0.717, 1.165) is 24.9 Å². The van der Waals surface area contributed by atoms with Gasteiger partial charge in [-0.15, -0.1) is 0 Å². The van der Waals surface area contributed by atoms with Gasteiger partial charge in [0.1, 0.15) is 5.60 Å². The molecule has 1 atom stereocenters. The zero-order chi connectivity index (χ0) is 20.0. The van der Waals surface area contributed by atoms with E-state index in [0.29, 0.717) is 31.5 Å². The average molecular weight is 375 g/mol. The first-order valence-electron chi connectivity index (χ1n) is 9.89. The molecule has 6 nitrogen and oxygen atoms in total. The predicted octanol–water partition coefficient (Wildman–Crippen LogP) is 3.80. The van der Waals surface area contributed by atoms with Crippen LogP contribution in [-0.2, 0) is 17.6 Å². The van der Waals surface area contributed by atoms with Crippen LogP contribution in [0.5, 0.6) is 0 Å². The van der Waals surface area contributed by atoms with Gasteiger partial charge in [-0.25, -0.2) is 4.79 Å². The molecule has 1 aliphatic heterocycles. The summed E-state index contributed by atoms with van der Waals surface area (Å²) in [6, 6.07) is 6.31. The highest BCUT2D eigenvalue weighted by atomic mass is 16.6. The van der Waals surface area contributed by atoms with E-state index in [1.54, 1.807) is 4.90 Å². The summed E-state index contributed by atoms with van der Waals surface area (Å²) in [5.41, 5.74) is 9.23. The Hall–Kier alpha value is -2.24. The van der Waals surface area contributed by atoms with E-state index in [9.17, 15) is 4.79 Å². The maximum atomic E-state index is 12.2. The van der Waals surface area contributed by atoms with Crippen LogP contribution in [0.4, 0.5) is 10.5 Å². The number of aryl methyl sites for hydroxylation is 2. The summed E-state index contributed by atoms with van der Waals surface area (Å²) in [6.07, 6.45) is 2.56. The van der Waals surface area contributed by atoms with Crippen LogP contribution in [0, 0.1) is 5.92 Å². The standard InChI is InChI=1S/C21H34N4O2/c1-6-16-9-8-10-17(7-2)18(16)24-19(22)23-13-15-11-12-25(14-15)20(26)27-21(3,4)5/h8-10,15H,6-7,11-14H2,1-5H3,(H3,22,23,24). The van der Waals surface area contributed by atoms with Crippen molar-refractivity contribution in [2.75, 3.05) is 25.0 Å². The molecule has 27 heavy (non-hydrogen) atoms. The molecule has 1 fully saturated rings. The Morgan fingerprint density at radius 2 is 1.93 bits per heavy atom. The van der Waals surface area contributed by atoms with Gasteiger partial charge in [0, 0.05) is 25.3 Å². The number of para-hydroxylation sites is 1. The Morgan fingerprint density at radius 3 is 2.48 bits per heavy atom. The lowest BCUT2D eigenvalue weighted by atomic mass is 10.0. The topological polar surface area (TPSA) is 80.0 Å². The van der Waals surface area contributed by atoms with Crippen LogP contribution in [-0.4, -0.2) is 42.2 Å². The summed E-state index contributed by atoms with van der Waals surface area (Å²) in [4.78, 5) is 18.4. The molecule has 0 radical (unpaired) electrons. The van der Waals surface area contributed by atoms with Gasteiger partial charge < -0.3 is 20.7 Å². The molecule has 2 rings (SSSR count). The minimum absolute atomic E-state index is 0.246. The van der Waals surface area contributed by atoms with Crippen LogP contribution < -0.4 is 11.1 Å². The molecule has 150 valence electrons. The molecule has 0 bridgehead atoms. The van der Waals surface area contributed by atoms with Crippen molar-refractivity contribution in [3.8, 4) is 0 Å². The van der Waals surface area contributed by atoms with Crippen LogP contribution in [0.15, 0.2) is 23.2 Å². The van der Waals surface area contributed by atoms with Crippen LogP contribution >= 0.6 is 0 Å². The fourth-order valence-corrected chi connectivity index (χ4v) is 3.27. The summed E-state index contributed by atoms with van der Waals surface area (Å²) in [5.74, 6) is 0.742. The minimum atomic E-state index is -0.467. The Bertz CT molecular complexity index is 657. The molecule has 1 amide bonds. The van der Waals surface area contributed by atoms with Gasteiger partial charge in [-0.2, -0.15) is 0 Å². The molecular formula is C21H34N4O2. The van der Waals surface area contributed by atoms with Gasteiger partial charge in [0.15, 0.2) is 5.96 Å². The number of aliphatic imine (C=N–C) groups is 1. The smallest absolute Gasteiger partial charge is 0.410 e. The largest absolute Gasteiger partial charge is 0.444 e. The quantitative estimate of drug-likeness (QED) is 0.607. The highest BCUT2D eigenvalue weighted by Crippen LogP contribution is 2.23. The lowest BCUT2D eigenvalue weighted by Gasteiger charge is -2.24. The minimum Gasteiger partial charge on any atom is -0.444 e. The van der Waals surface area contributed by atoms with E-state index in [-0.39, 0.29) is 6.09 Å². The van der Waals surface area contributed by atoms with Crippen LogP contribution in [0.1, 0.15) is 52.2 Å². The summed E-state index contributed by atoms with van der Waals surface area (Å²) in [6.45, 7) is 11.9. The molecule has 1 unspecified atom stereocenters. The number of carbonyl (C=O) groups excluding carboxylic acids is 1. The number of hydrogen-bond donors (Lipinski definition) is 2. The molecule has 1 aromatic carbocycles. The Kier molecular flexibility index (Phi) is 7.11.